The van der Waals surface area contributed by atoms with E-state index in [1.54, 1.807) is 29.2 Å². The maximum atomic E-state index is 14.1. The van der Waals surface area contributed by atoms with Crippen LogP contribution in [0.25, 0.3) is 0 Å². The number of anilines is 1. The summed E-state index contributed by atoms with van der Waals surface area (Å²) in [5.74, 6) is -2.43. The molecule has 1 aromatic rings. The molecule has 2 amide bonds. The van der Waals surface area contributed by atoms with E-state index < -0.39 is 33.3 Å². The third kappa shape index (κ3) is 3.90. The topological polar surface area (TPSA) is 87.1 Å². The summed E-state index contributed by atoms with van der Waals surface area (Å²) in [5.41, 5.74) is 0.674. The van der Waals surface area contributed by atoms with E-state index >= 15 is 0 Å². The Morgan fingerprint density at radius 3 is 2.60 bits per heavy atom. The normalized spacial score (nSPS) is 35.7. The molecule has 0 aromatic heterocycles. The number of esters is 1. The SMILES string of the molecule is C[C@]12/C=C\CCCCOC(=O)[C@H]1[C@H]1C(=O)N(CCO)C3C(=O)N(c4ccc(Cl)cc4)CC=C[C@@]31S2. The van der Waals surface area contributed by atoms with Gasteiger partial charge in [-0.2, -0.15) is 0 Å². The number of hydrogen-bond acceptors (Lipinski definition) is 6. The third-order valence-corrected chi connectivity index (χ3v) is 9.53. The van der Waals surface area contributed by atoms with Crippen molar-refractivity contribution in [2.45, 2.75) is 41.7 Å². The molecule has 4 aliphatic heterocycles. The molecule has 4 aliphatic rings. The summed E-state index contributed by atoms with van der Waals surface area (Å²) >= 11 is 7.57. The lowest BCUT2D eigenvalue weighted by atomic mass is 9.74. The van der Waals surface area contributed by atoms with Gasteiger partial charge in [0.25, 0.3) is 5.91 Å². The van der Waals surface area contributed by atoms with Crippen molar-refractivity contribution in [3.05, 3.63) is 53.6 Å². The number of thioether (sulfide) groups is 1. The van der Waals surface area contributed by atoms with Gasteiger partial charge in [0.05, 0.1) is 29.8 Å². The lowest BCUT2D eigenvalue weighted by Gasteiger charge is -2.36. The number of cyclic esters (lactones) is 1. The van der Waals surface area contributed by atoms with Crippen LogP contribution in [0, 0.1) is 11.8 Å². The van der Waals surface area contributed by atoms with Crippen LogP contribution in [0.4, 0.5) is 5.69 Å². The number of hydrogen-bond donors (Lipinski definition) is 1. The zero-order chi connectivity index (χ0) is 24.8. The quantitative estimate of drug-likeness (QED) is 0.490. The summed E-state index contributed by atoms with van der Waals surface area (Å²) in [6.07, 6.45) is 10.5. The lowest BCUT2D eigenvalue weighted by molar-refractivity contribution is -0.154. The second-order valence-electron chi connectivity index (χ2n) is 9.65. The molecule has 0 radical (unpaired) electrons. The predicted octanol–water partition coefficient (Wildman–Crippen LogP) is 3.21. The minimum absolute atomic E-state index is 0.0185. The van der Waals surface area contributed by atoms with Gasteiger partial charge < -0.3 is 19.6 Å². The number of benzene rings is 1. The van der Waals surface area contributed by atoms with E-state index in [4.69, 9.17) is 16.3 Å². The number of halogens is 1. The molecule has 5 atom stereocenters. The summed E-state index contributed by atoms with van der Waals surface area (Å²) in [7, 11) is 0. The van der Waals surface area contributed by atoms with E-state index in [2.05, 4.69) is 6.08 Å². The highest BCUT2D eigenvalue weighted by Gasteiger charge is 2.73. The smallest absolute Gasteiger partial charge is 0.311 e. The molecule has 1 spiro atoms. The highest BCUT2D eigenvalue weighted by atomic mass is 35.5. The zero-order valence-electron chi connectivity index (χ0n) is 19.6. The van der Waals surface area contributed by atoms with Gasteiger partial charge in [0.1, 0.15) is 6.04 Å². The van der Waals surface area contributed by atoms with Crippen molar-refractivity contribution in [1.82, 2.24) is 4.90 Å². The van der Waals surface area contributed by atoms with Crippen LogP contribution in [0.1, 0.15) is 26.2 Å². The molecule has 0 saturated carbocycles. The van der Waals surface area contributed by atoms with Crippen molar-refractivity contribution >= 4 is 46.8 Å². The lowest BCUT2D eigenvalue weighted by Crippen LogP contribution is -2.54. The van der Waals surface area contributed by atoms with E-state index in [1.807, 2.05) is 25.2 Å². The molecule has 0 bridgehead atoms. The number of allylic oxidation sites excluding steroid dienone is 1. The van der Waals surface area contributed by atoms with Crippen molar-refractivity contribution in [3.63, 3.8) is 0 Å². The number of rotatable bonds is 3. The van der Waals surface area contributed by atoms with Crippen molar-refractivity contribution in [2.75, 3.05) is 31.2 Å². The Morgan fingerprint density at radius 2 is 1.86 bits per heavy atom. The second kappa shape index (κ2) is 9.30. The van der Waals surface area contributed by atoms with Crippen LogP contribution in [0.2, 0.25) is 5.02 Å². The van der Waals surface area contributed by atoms with Gasteiger partial charge in [0, 0.05) is 28.5 Å². The van der Waals surface area contributed by atoms with Crippen LogP contribution in [-0.2, 0) is 19.1 Å². The van der Waals surface area contributed by atoms with Gasteiger partial charge in [-0.15, -0.1) is 11.8 Å². The average Bonchev–Trinajstić information content (AvgIpc) is 3.15. The fourth-order valence-corrected chi connectivity index (χ4v) is 8.28. The molecule has 4 heterocycles. The number of aliphatic hydroxyl groups excluding tert-OH is 1. The first-order chi connectivity index (χ1) is 16.8. The van der Waals surface area contributed by atoms with Crippen LogP contribution in [0.5, 0.6) is 0 Å². The fourth-order valence-electron chi connectivity index (χ4n) is 6.00. The van der Waals surface area contributed by atoms with E-state index in [0.717, 1.165) is 19.3 Å². The molecule has 5 rings (SSSR count). The Hall–Kier alpha value is -2.29. The number of carbonyl (C=O) groups is 3. The number of likely N-dealkylation sites (tertiary alicyclic amines) is 1. The van der Waals surface area contributed by atoms with Gasteiger partial charge in [-0.25, -0.2) is 0 Å². The van der Waals surface area contributed by atoms with Gasteiger partial charge >= 0.3 is 5.97 Å². The summed E-state index contributed by atoms with van der Waals surface area (Å²) in [6, 6.07) is 6.15. The summed E-state index contributed by atoms with van der Waals surface area (Å²) in [4.78, 5) is 44.6. The van der Waals surface area contributed by atoms with Crippen LogP contribution >= 0.6 is 23.4 Å². The Balaban J connectivity index is 1.63. The Morgan fingerprint density at radius 1 is 1.09 bits per heavy atom. The molecule has 0 aliphatic carbocycles. The largest absolute Gasteiger partial charge is 0.465 e. The van der Waals surface area contributed by atoms with E-state index in [0.29, 0.717) is 23.9 Å². The van der Waals surface area contributed by atoms with Crippen LogP contribution in [0.15, 0.2) is 48.6 Å². The molecule has 1 aromatic carbocycles. The van der Waals surface area contributed by atoms with Gasteiger partial charge in [0.2, 0.25) is 5.91 Å². The Kier molecular flexibility index (Phi) is 6.48. The van der Waals surface area contributed by atoms with Crippen LogP contribution in [0.3, 0.4) is 0 Å². The van der Waals surface area contributed by atoms with Crippen LogP contribution < -0.4 is 4.90 Å². The highest BCUT2D eigenvalue weighted by Crippen LogP contribution is 2.65. The maximum Gasteiger partial charge on any atom is 0.311 e. The maximum absolute atomic E-state index is 14.1. The summed E-state index contributed by atoms with van der Waals surface area (Å²) in [5, 5.41) is 10.4. The first kappa shape index (κ1) is 24.4. The predicted molar refractivity (Wildman–Crippen MR) is 135 cm³/mol. The number of amides is 2. The molecule has 35 heavy (non-hydrogen) atoms. The van der Waals surface area contributed by atoms with Crippen molar-refractivity contribution in [2.24, 2.45) is 11.8 Å². The molecule has 1 unspecified atom stereocenters. The molecule has 1 N–H and O–H groups in total. The number of carbonyl (C=O) groups excluding carboxylic acids is 3. The number of aliphatic hydroxyl groups is 1. The van der Waals surface area contributed by atoms with Gasteiger partial charge in [0.15, 0.2) is 0 Å². The minimum atomic E-state index is -0.957. The first-order valence-corrected chi connectivity index (χ1v) is 13.2. The molecule has 2 fully saturated rings. The van der Waals surface area contributed by atoms with Gasteiger partial charge in [-0.05, 0) is 50.5 Å². The average molecular weight is 517 g/mol. The fraction of sp³-hybridized carbons (Fsp3) is 0.500. The molecular weight excluding hydrogens is 488 g/mol. The Labute approximate surface area is 214 Å². The third-order valence-electron chi connectivity index (χ3n) is 7.48. The van der Waals surface area contributed by atoms with Gasteiger partial charge in [-0.3, -0.25) is 14.4 Å². The number of nitrogens with zero attached hydrogens (tertiary/aromatic N) is 2. The van der Waals surface area contributed by atoms with E-state index in [-0.39, 0.29) is 25.0 Å². The first-order valence-electron chi connectivity index (χ1n) is 12.0. The zero-order valence-corrected chi connectivity index (χ0v) is 21.1. The highest BCUT2D eigenvalue weighted by molar-refractivity contribution is 8.02. The van der Waals surface area contributed by atoms with E-state index in [1.165, 1.54) is 16.7 Å². The number of fused-ring (bicyclic) bond motifs is 2. The monoisotopic (exact) mass is 516 g/mol. The van der Waals surface area contributed by atoms with Crippen molar-refractivity contribution < 1.29 is 24.2 Å². The minimum Gasteiger partial charge on any atom is -0.465 e. The molecule has 2 saturated heterocycles. The van der Waals surface area contributed by atoms with Crippen molar-refractivity contribution in [1.29, 1.82) is 0 Å². The molecule has 9 heteroatoms. The van der Waals surface area contributed by atoms with E-state index in [9.17, 15) is 19.5 Å². The molecular formula is C26H29ClN2O5S. The molecule has 186 valence electrons. The molecule has 7 nitrogen and oxygen atoms in total. The summed E-state index contributed by atoms with van der Waals surface area (Å²) in [6.45, 7) is 2.36. The van der Waals surface area contributed by atoms with Gasteiger partial charge in [-0.1, -0.05) is 35.9 Å². The second-order valence-corrected chi connectivity index (χ2v) is 11.9. The van der Waals surface area contributed by atoms with Crippen molar-refractivity contribution in [3.8, 4) is 0 Å². The number of ether oxygens (including phenoxy) is 1. The standard InChI is InChI=1S/C26H29ClN2O5S/c1-25-11-4-2-3-5-16-34-24(33)20(25)19-22(31)29(14-15-30)21-23(32)28(13-6-12-26(19,21)35-25)18-9-7-17(27)8-10-18/h4,6-12,19-21,30H,2-3,5,13-16H2,1H3/b11-4-/t19-,20+,21?,25-,26-/m0/s1. The number of β-amino-alcohol motifs (C(OH)–C–C–N with tert-alkyl or cyclic N) is 1. The summed E-state index contributed by atoms with van der Waals surface area (Å²) < 4.78 is 3.98. The van der Waals surface area contributed by atoms with Crippen LogP contribution in [-0.4, -0.2) is 69.6 Å². The Bertz CT molecular complexity index is 1090.